The van der Waals surface area contributed by atoms with Gasteiger partial charge in [-0.25, -0.2) is 0 Å². The summed E-state index contributed by atoms with van der Waals surface area (Å²) >= 11 is -0.740. The molecule has 7 heteroatoms. The molecule has 0 aliphatic rings. The number of nitriles is 2. The fourth-order valence-electron chi connectivity index (χ4n) is 0.926. The first kappa shape index (κ1) is 11.0. The van der Waals surface area contributed by atoms with Crippen molar-refractivity contribution in [1.82, 2.24) is 0 Å². The van der Waals surface area contributed by atoms with Crippen LogP contribution in [0.5, 0.6) is 5.75 Å². The molecule has 0 saturated carbocycles. The van der Waals surface area contributed by atoms with Crippen LogP contribution in [0.25, 0.3) is 0 Å². The van der Waals surface area contributed by atoms with Crippen molar-refractivity contribution in [3.05, 3.63) is 28.3 Å². The molecule has 1 aromatic rings. The van der Waals surface area contributed by atoms with Crippen LogP contribution in [-0.2, 0) is 0 Å². The van der Waals surface area contributed by atoms with Gasteiger partial charge in [0, 0.05) is 0 Å². The Bertz CT molecular complexity index is 475. The van der Waals surface area contributed by atoms with Crippen molar-refractivity contribution in [2.24, 2.45) is 0 Å². The monoisotopic (exact) mass is 269 g/mol. The van der Waals surface area contributed by atoms with Gasteiger partial charge in [-0.05, 0) is 0 Å². The van der Waals surface area contributed by atoms with Gasteiger partial charge in [0.05, 0.1) is 0 Å². The van der Waals surface area contributed by atoms with Crippen molar-refractivity contribution in [1.29, 1.82) is 10.5 Å². The molecule has 0 aliphatic heterocycles. The molecule has 0 unspecified atom stereocenters. The number of nitro benzene ring substituents is 1. The summed E-state index contributed by atoms with van der Waals surface area (Å²) in [5.41, 5.74) is -0.190. The summed E-state index contributed by atoms with van der Waals surface area (Å²) in [7, 11) is 0. The summed E-state index contributed by atoms with van der Waals surface area (Å²) in [5, 5.41) is 27.5. The number of hydrogen-bond acceptors (Lipinski definition) is 5. The van der Waals surface area contributed by atoms with Gasteiger partial charge in [0.15, 0.2) is 0 Å². The van der Waals surface area contributed by atoms with Crippen molar-refractivity contribution in [2.45, 2.75) is 0 Å². The molecule has 1 rings (SSSR count). The Morgan fingerprint density at radius 2 is 2.20 bits per heavy atom. The van der Waals surface area contributed by atoms with Crippen LogP contribution in [0, 0.1) is 31.9 Å². The van der Waals surface area contributed by atoms with E-state index >= 15 is 0 Å². The Labute approximate surface area is 91.0 Å². The molecule has 0 fully saturated rings. The molecule has 0 saturated heterocycles. The van der Waals surface area contributed by atoms with Gasteiger partial charge in [0.2, 0.25) is 0 Å². The zero-order valence-electron chi connectivity index (χ0n) is 7.21. The zero-order valence-corrected chi connectivity index (χ0v) is 8.92. The molecule has 1 aromatic carbocycles. The van der Waals surface area contributed by atoms with Gasteiger partial charge in [0.1, 0.15) is 0 Å². The van der Waals surface area contributed by atoms with Crippen molar-refractivity contribution in [3.63, 3.8) is 0 Å². The van der Waals surface area contributed by atoms with Crippen molar-refractivity contribution >= 4 is 25.1 Å². The Morgan fingerprint density at radius 1 is 1.47 bits per heavy atom. The quantitative estimate of drug-likeness (QED) is 0.339. The van der Waals surface area contributed by atoms with Crippen LogP contribution >= 0.6 is 0 Å². The van der Waals surface area contributed by atoms with Crippen molar-refractivity contribution in [3.8, 4) is 17.0 Å². The molecule has 0 radical (unpaired) electrons. The SMILES string of the molecule is N#COc1cccc([N+](=O)[O-])c1[Se]C#N. The molecule has 0 N–H and O–H groups in total. The molecular weight excluding hydrogens is 265 g/mol. The molecule has 0 spiro atoms. The van der Waals surface area contributed by atoms with E-state index in [2.05, 4.69) is 4.74 Å². The maximum absolute atomic E-state index is 10.6. The fraction of sp³-hybridized carbons (Fsp3) is 0. The van der Waals surface area contributed by atoms with E-state index in [9.17, 15) is 10.1 Å². The van der Waals surface area contributed by atoms with Crippen LogP contribution < -0.4 is 9.20 Å². The number of benzene rings is 1. The minimum atomic E-state index is -0.740. The van der Waals surface area contributed by atoms with Gasteiger partial charge >= 0.3 is 90.6 Å². The standard InChI is InChI=1S/C8H3N3O3Se/c9-4-14-7-3-1-2-6(11(12)13)8(7)15-5-10/h1-3H. The van der Waals surface area contributed by atoms with E-state index in [0.29, 0.717) is 0 Å². The number of nitrogens with zero attached hydrogens (tertiary/aromatic N) is 3. The Balaban J connectivity index is 3.30. The van der Waals surface area contributed by atoms with E-state index < -0.39 is 19.9 Å². The second-order valence-electron chi connectivity index (χ2n) is 2.25. The normalized spacial score (nSPS) is 8.67. The molecule has 0 aliphatic carbocycles. The van der Waals surface area contributed by atoms with Gasteiger partial charge in [-0.2, -0.15) is 0 Å². The predicted molar refractivity (Wildman–Crippen MR) is 50.3 cm³/mol. The molecule has 0 atom stereocenters. The molecule has 0 heterocycles. The summed E-state index contributed by atoms with van der Waals surface area (Å²) in [6, 6.07) is 4.10. The fourth-order valence-corrected chi connectivity index (χ4v) is 2.08. The van der Waals surface area contributed by atoms with Crippen LogP contribution in [0.15, 0.2) is 18.2 Å². The first-order valence-electron chi connectivity index (χ1n) is 3.60. The Hall–Kier alpha value is -2.08. The number of rotatable bonds is 3. The Kier molecular flexibility index (Phi) is 3.64. The number of hydrogen-bond donors (Lipinski definition) is 0. The average molecular weight is 268 g/mol. The van der Waals surface area contributed by atoms with E-state index in [0.717, 1.165) is 0 Å². The van der Waals surface area contributed by atoms with Gasteiger partial charge in [-0.3, -0.25) is 0 Å². The topological polar surface area (TPSA) is 99.9 Å². The second kappa shape index (κ2) is 4.96. The third-order valence-corrected chi connectivity index (χ3v) is 2.94. The second-order valence-corrected chi connectivity index (χ2v) is 3.92. The average Bonchev–Trinajstić information content (AvgIpc) is 2.21. The maximum atomic E-state index is 10.6. The van der Waals surface area contributed by atoms with Crippen LogP contribution in [0.3, 0.4) is 0 Å². The summed E-state index contributed by atoms with van der Waals surface area (Å²) < 4.78 is 4.73. The predicted octanol–water partition coefficient (Wildman–Crippen LogP) is 0.265. The van der Waals surface area contributed by atoms with E-state index in [1.54, 1.807) is 0 Å². The summed E-state index contributed by atoms with van der Waals surface area (Å²) in [6.45, 7) is 0. The van der Waals surface area contributed by atoms with E-state index in [1.165, 1.54) is 24.5 Å². The first-order chi connectivity index (χ1) is 7.20. The van der Waals surface area contributed by atoms with E-state index in [-0.39, 0.29) is 15.9 Å². The molecule has 15 heavy (non-hydrogen) atoms. The first-order valence-corrected chi connectivity index (χ1v) is 5.31. The van der Waals surface area contributed by atoms with Gasteiger partial charge in [-0.1, -0.05) is 0 Å². The third kappa shape index (κ3) is 2.44. The van der Waals surface area contributed by atoms with Crippen LogP contribution in [0.4, 0.5) is 5.69 Å². The molecular formula is C8H3N3O3Se. The zero-order chi connectivity index (χ0) is 11.3. The summed E-state index contributed by atoms with van der Waals surface area (Å²) in [6.07, 6.45) is 1.43. The summed E-state index contributed by atoms with van der Waals surface area (Å²) in [4.78, 5) is 11.9. The van der Waals surface area contributed by atoms with Crippen LogP contribution in [0.1, 0.15) is 0 Å². The van der Waals surface area contributed by atoms with E-state index in [4.69, 9.17) is 10.5 Å². The minimum absolute atomic E-state index is 0.0771. The van der Waals surface area contributed by atoms with E-state index in [1.807, 2.05) is 4.97 Å². The van der Waals surface area contributed by atoms with Gasteiger partial charge in [0.25, 0.3) is 0 Å². The van der Waals surface area contributed by atoms with Crippen molar-refractivity contribution < 1.29 is 9.66 Å². The van der Waals surface area contributed by atoms with Crippen LogP contribution in [0.2, 0.25) is 0 Å². The molecule has 0 amide bonds. The number of ether oxygens (including phenoxy) is 1. The van der Waals surface area contributed by atoms with Gasteiger partial charge < -0.3 is 0 Å². The van der Waals surface area contributed by atoms with Gasteiger partial charge in [-0.15, -0.1) is 0 Å². The van der Waals surface area contributed by atoms with Crippen LogP contribution in [-0.4, -0.2) is 19.9 Å². The molecule has 0 bridgehead atoms. The summed E-state index contributed by atoms with van der Waals surface area (Å²) in [5.74, 6) is 0.0771. The molecule has 0 aromatic heterocycles. The van der Waals surface area contributed by atoms with Crippen molar-refractivity contribution in [2.75, 3.05) is 0 Å². The molecule has 74 valence electrons. The number of nitro groups is 1. The third-order valence-electron chi connectivity index (χ3n) is 1.46. The molecule has 6 nitrogen and oxygen atoms in total. The Morgan fingerprint density at radius 3 is 2.73 bits per heavy atom.